The minimum Gasteiger partial charge on any atom is -0.379 e. The third-order valence-corrected chi connectivity index (χ3v) is 1.10. The van der Waals surface area contributed by atoms with Crippen molar-refractivity contribution in [3.63, 3.8) is 0 Å². The van der Waals surface area contributed by atoms with E-state index in [0.29, 0.717) is 0 Å². The summed E-state index contributed by atoms with van der Waals surface area (Å²) in [5.41, 5.74) is 0. The van der Waals surface area contributed by atoms with Gasteiger partial charge in [0, 0.05) is 20.1 Å². The third kappa shape index (κ3) is 1.45. The van der Waals surface area contributed by atoms with E-state index in [9.17, 15) is 0 Å². The van der Waals surface area contributed by atoms with Crippen molar-refractivity contribution in [3.05, 3.63) is 7.05 Å². The Labute approximate surface area is 44.1 Å². The molecule has 1 rings (SSSR count). The van der Waals surface area contributed by atoms with Crippen molar-refractivity contribution in [1.29, 1.82) is 0 Å². The van der Waals surface area contributed by atoms with Gasteiger partial charge >= 0.3 is 0 Å². The van der Waals surface area contributed by atoms with Gasteiger partial charge in [-0.25, -0.2) is 0 Å². The van der Waals surface area contributed by atoms with Crippen LogP contribution in [0.1, 0.15) is 0 Å². The standard InChI is InChI=1S/C5H10NO/c1-6-2-4-7-5-3-6/h1-5H2. The first-order chi connectivity index (χ1) is 3.39. The molecule has 1 saturated heterocycles. The number of morpholine rings is 1. The van der Waals surface area contributed by atoms with Crippen LogP contribution >= 0.6 is 0 Å². The number of ether oxygens (including phenoxy) is 1. The molecule has 0 aromatic rings. The number of hydrogen-bond donors (Lipinski definition) is 0. The van der Waals surface area contributed by atoms with Gasteiger partial charge in [0.15, 0.2) is 0 Å². The summed E-state index contributed by atoms with van der Waals surface area (Å²) < 4.78 is 5.06. The highest BCUT2D eigenvalue weighted by atomic mass is 16.5. The molecule has 41 valence electrons. The minimum atomic E-state index is 0.851. The molecule has 0 aromatic heterocycles. The molecule has 0 atom stereocenters. The number of nitrogens with zero attached hydrogens (tertiary/aromatic N) is 1. The quantitative estimate of drug-likeness (QED) is 0.428. The topological polar surface area (TPSA) is 12.5 Å². The Balaban J connectivity index is 2.12. The van der Waals surface area contributed by atoms with E-state index < -0.39 is 0 Å². The van der Waals surface area contributed by atoms with Gasteiger partial charge in [0.2, 0.25) is 0 Å². The summed E-state index contributed by atoms with van der Waals surface area (Å²) in [5, 5.41) is 0. The Kier molecular flexibility index (Phi) is 1.65. The Morgan fingerprint density at radius 1 is 1.29 bits per heavy atom. The Morgan fingerprint density at radius 3 is 2.14 bits per heavy atom. The van der Waals surface area contributed by atoms with Crippen molar-refractivity contribution in [2.75, 3.05) is 26.3 Å². The molecule has 2 nitrogen and oxygen atoms in total. The van der Waals surface area contributed by atoms with Crippen molar-refractivity contribution >= 4 is 0 Å². The van der Waals surface area contributed by atoms with Gasteiger partial charge in [-0.2, -0.15) is 0 Å². The zero-order chi connectivity index (χ0) is 5.11. The summed E-state index contributed by atoms with van der Waals surface area (Å²) in [7, 11) is 3.75. The zero-order valence-corrected chi connectivity index (χ0v) is 4.39. The fourth-order valence-electron chi connectivity index (χ4n) is 0.601. The average molecular weight is 100 g/mol. The van der Waals surface area contributed by atoms with E-state index >= 15 is 0 Å². The van der Waals surface area contributed by atoms with Crippen molar-refractivity contribution in [2.45, 2.75) is 0 Å². The van der Waals surface area contributed by atoms with Crippen molar-refractivity contribution < 1.29 is 4.74 Å². The smallest absolute Gasteiger partial charge is 0.0594 e. The molecule has 0 amide bonds. The van der Waals surface area contributed by atoms with Crippen molar-refractivity contribution in [3.8, 4) is 0 Å². The SMILES string of the molecule is [CH2]N1CCOCC1. The fourth-order valence-corrected chi connectivity index (χ4v) is 0.601. The van der Waals surface area contributed by atoms with Crippen LogP contribution in [-0.4, -0.2) is 31.2 Å². The van der Waals surface area contributed by atoms with E-state index in [1.165, 1.54) is 0 Å². The van der Waals surface area contributed by atoms with E-state index in [0.717, 1.165) is 26.3 Å². The number of hydrogen-bond acceptors (Lipinski definition) is 2. The van der Waals surface area contributed by atoms with Gasteiger partial charge < -0.3 is 4.74 Å². The second kappa shape index (κ2) is 2.28. The molecule has 0 bridgehead atoms. The molecule has 2 heteroatoms. The summed E-state index contributed by atoms with van der Waals surface area (Å²) in [4.78, 5) is 2.02. The minimum absolute atomic E-state index is 0.851. The highest BCUT2D eigenvalue weighted by molar-refractivity contribution is 4.57. The van der Waals surface area contributed by atoms with Gasteiger partial charge in [0.05, 0.1) is 13.2 Å². The van der Waals surface area contributed by atoms with E-state index in [-0.39, 0.29) is 0 Å². The maximum absolute atomic E-state index is 5.06. The van der Waals surface area contributed by atoms with Crippen LogP contribution in [0.15, 0.2) is 0 Å². The van der Waals surface area contributed by atoms with Crippen molar-refractivity contribution in [2.24, 2.45) is 0 Å². The fraction of sp³-hybridized carbons (Fsp3) is 0.800. The van der Waals surface area contributed by atoms with Crippen LogP contribution in [0.2, 0.25) is 0 Å². The van der Waals surface area contributed by atoms with E-state index in [4.69, 9.17) is 4.74 Å². The second-order valence-corrected chi connectivity index (χ2v) is 1.73. The maximum atomic E-state index is 5.06. The first-order valence-electron chi connectivity index (χ1n) is 2.53. The molecule has 0 aliphatic carbocycles. The van der Waals surface area contributed by atoms with E-state index in [1.807, 2.05) is 4.90 Å². The normalized spacial score (nSPS) is 25.3. The summed E-state index contributed by atoms with van der Waals surface area (Å²) in [6.07, 6.45) is 0. The maximum Gasteiger partial charge on any atom is 0.0594 e. The number of rotatable bonds is 0. The molecular formula is C5H10NO. The molecule has 0 saturated carbocycles. The highest BCUT2D eigenvalue weighted by Gasteiger charge is 2.02. The molecule has 0 spiro atoms. The summed E-state index contributed by atoms with van der Waals surface area (Å²) in [6, 6.07) is 0. The Morgan fingerprint density at radius 2 is 1.86 bits per heavy atom. The van der Waals surface area contributed by atoms with Gasteiger partial charge in [0.25, 0.3) is 0 Å². The highest BCUT2D eigenvalue weighted by Crippen LogP contribution is 1.91. The Bertz CT molecular complexity index is 50.0. The lowest BCUT2D eigenvalue weighted by Gasteiger charge is -2.20. The molecule has 0 aromatic carbocycles. The first-order valence-corrected chi connectivity index (χ1v) is 2.53. The average Bonchev–Trinajstić information content (AvgIpc) is 1.69. The molecule has 7 heavy (non-hydrogen) atoms. The van der Waals surface area contributed by atoms with E-state index in [2.05, 4.69) is 7.05 Å². The van der Waals surface area contributed by atoms with Crippen LogP contribution in [0.25, 0.3) is 0 Å². The van der Waals surface area contributed by atoms with Crippen LogP contribution in [-0.2, 0) is 4.74 Å². The Hall–Kier alpha value is -0.0800. The van der Waals surface area contributed by atoms with Gasteiger partial charge in [-0.3, -0.25) is 4.90 Å². The molecular weight excluding hydrogens is 90.1 g/mol. The molecule has 1 heterocycles. The molecule has 1 fully saturated rings. The lowest BCUT2D eigenvalue weighted by Crippen LogP contribution is -2.30. The second-order valence-electron chi connectivity index (χ2n) is 1.73. The van der Waals surface area contributed by atoms with Crippen LogP contribution in [0.5, 0.6) is 0 Å². The molecule has 1 aliphatic heterocycles. The predicted molar refractivity (Wildman–Crippen MR) is 27.7 cm³/mol. The summed E-state index contributed by atoms with van der Waals surface area (Å²) in [6.45, 7) is 3.67. The summed E-state index contributed by atoms with van der Waals surface area (Å²) >= 11 is 0. The summed E-state index contributed by atoms with van der Waals surface area (Å²) in [5.74, 6) is 0. The first kappa shape index (κ1) is 5.06. The largest absolute Gasteiger partial charge is 0.379 e. The predicted octanol–water partition coefficient (Wildman–Crippen LogP) is 0.110. The molecule has 1 aliphatic rings. The van der Waals surface area contributed by atoms with Crippen LogP contribution in [0.3, 0.4) is 0 Å². The lowest BCUT2D eigenvalue weighted by atomic mass is 10.5. The molecule has 0 N–H and O–H groups in total. The van der Waals surface area contributed by atoms with Crippen LogP contribution in [0.4, 0.5) is 0 Å². The van der Waals surface area contributed by atoms with Crippen LogP contribution in [0, 0.1) is 7.05 Å². The third-order valence-electron chi connectivity index (χ3n) is 1.10. The van der Waals surface area contributed by atoms with Crippen molar-refractivity contribution in [1.82, 2.24) is 4.90 Å². The van der Waals surface area contributed by atoms with Gasteiger partial charge in [-0.1, -0.05) is 0 Å². The zero-order valence-electron chi connectivity index (χ0n) is 4.39. The molecule has 1 radical (unpaired) electrons. The monoisotopic (exact) mass is 100 g/mol. The van der Waals surface area contributed by atoms with Gasteiger partial charge in [-0.05, 0) is 0 Å². The lowest BCUT2D eigenvalue weighted by molar-refractivity contribution is 0.0580. The molecule has 0 unspecified atom stereocenters. The van der Waals surface area contributed by atoms with E-state index in [1.54, 1.807) is 0 Å². The van der Waals surface area contributed by atoms with Gasteiger partial charge in [-0.15, -0.1) is 0 Å². The van der Waals surface area contributed by atoms with Crippen LogP contribution < -0.4 is 0 Å². The van der Waals surface area contributed by atoms with Gasteiger partial charge in [0.1, 0.15) is 0 Å².